The van der Waals surface area contributed by atoms with Crippen LogP contribution in [0.5, 0.6) is 0 Å². The van der Waals surface area contributed by atoms with Crippen molar-refractivity contribution in [2.45, 2.75) is 58.5 Å². The highest BCUT2D eigenvalue weighted by molar-refractivity contribution is 5.90. The lowest BCUT2D eigenvalue weighted by molar-refractivity contribution is 0.0738. The summed E-state index contributed by atoms with van der Waals surface area (Å²) in [6.45, 7) is 9.78. The third-order valence-corrected chi connectivity index (χ3v) is 6.48. The predicted octanol–water partition coefficient (Wildman–Crippen LogP) is 3.95. The number of piperidine rings is 1. The molecule has 2 fully saturated rings. The van der Waals surface area contributed by atoms with Crippen molar-refractivity contribution in [1.82, 2.24) is 20.4 Å². The van der Waals surface area contributed by atoms with E-state index in [-0.39, 0.29) is 0 Å². The molecule has 7 heteroatoms. The van der Waals surface area contributed by atoms with E-state index in [2.05, 4.69) is 52.4 Å². The van der Waals surface area contributed by atoms with Crippen LogP contribution in [0.2, 0.25) is 0 Å². The van der Waals surface area contributed by atoms with E-state index in [0.29, 0.717) is 23.8 Å². The summed E-state index contributed by atoms with van der Waals surface area (Å²) in [4.78, 5) is 12.0. The van der Waals surface area contributed by atoms with E-state index in [9.17, 15) is 0 Å². The third-order valence-electron chi connectivity index (χ3n) is 6.48. The topological polar surface area (TPSA) is 76.3 Å². The highest BCUT2D eigenvalue weighted by atomic mass is 16.5. The number of aryl methyl sites for hydroxylation is 3. The normalized spacial score (nSPS) is 18.7. The fourth-order valence-corrected chi connectivity index (χ4v) is 4.90. The molecule has 4 heterocycles. The summed E-state index contributed by atoms with van der Waals surface area (Å²) in [6.07, 6.45) is 4.44. The first-order valence-electron chi connectivity index (χ1n) is 11.4. The predicted molar refractivity (Wildman–Crippen MR) is 121 cm³/mol. The Labute approximate surface area is 183 Å². The Morgan fingerprint density at radius 1 is 0.935 bits per heavy atom. The van der Waals surface area contributed by atoms with Crippen LogP contribution in [0.4, 0.5) is 5.82 Å². The molecule has 164 valence electrons. The molecule has 1 aromatic carbocycles. The molecule has 0 saturated carbocycles. The number of fused-ring (bicyclic) bond motifs is 1. The molecule has 0 radical (unpaired) electrons. The lowest BCUT2D eigenvalue weighted by atomic mass is 10.00. The molecule has 0 aliphatic carbocycles. The summed E-state index contributed by atoms with van der Waals surface area (Å²) in [5, 5.41) is 8.99. The van der Waals surface area contributed by atoms with Gasteiger partial charge in [0, 0.05) is 43.8 Å². The van der Waals surface area contributed by atoms with Crippen molar-refractivity contribution in [3.05, 3.63) is 35.2 Å². The number of nitrogens with zero attached hydrogens (tertiary/aromatic N) is 4. The van der Waals surface area contributed by atoms with Gasteiger partial charge in [-0.3, -0.25) is 0 Å². The second kappa shape index (κ2) is 8.55. The number of ether oxygens (including phenoxy) is 1. The van der Waals surface area contributed by atoms with Gasteiger partial charge in [0.2, 0.25) is 0 Å². The molecule has 2 aliphatic heterocycles. The minimum absolute atomic E-state index is 0.545. The summed E-state index contributed by atoms with van der Waals surface area (Å²) in [5.41, 5.74) is 4.39. The first-order chi connectivity index (χ1) is 15.1. The van der Waals surface area contributed by atoms with Crippen LogP contribution in [0, 0.1) is 20.8 Å². The van der Waals surface area contributed by atoms with Gasteiger partial charge in [0.15, 0.2) is 5.82 Å². The van der Waals surface area contributed by atoms with Crippen molar-refractivity contribution in [2.24, 2.45) is 0 Å². The second-order valence-electron chi connectivity index (χ2n) is 8.97. The fraction of sp³-hybridized carbons (Fsp3) is 0.542. The molecule has 0 spiro atoms. The number of anilines is 1. The summed E-state index contributed by atoms with van der Waals surface area (Å²) in [5.74, 6) is 2.14. The average Bonchev–Trinajstić information content (AvgIpc) is 3.20. The zero-order valence-corrected chi connectivity index (χ0v) is 18.6. The fourth-order valence-electron chi connectivity index (χ4n) is 4.90. The van der Waals surface area contributed by atoms with Crippen LogP contribution in [0.1, 0.15) is 42.6 Å². The van der Waals surface area contributed by atoms with Crippen molar-refractivity contribution >= 4 is 16.7 Å². The maximum atomic E-state index is 5.56. The summed E-state index contributed by atoms with van der Waals surface area (Å²) < 4.78 is 11.1. The molecular formula is C24H31N5O2. The lowest BCUT2D eigenvalue weighted by Gasteiger charge is -2.36. The van der Waals surface area contributed by atoms with Crippen LogP contribution in [-0.4, -0.2) is 53.5 Å². The maximum absolute atomic E-state index is 5.56. The van der Waals surface area contributed by atoms with Crippen LogP contribution in [0.25, 0.3) is 22.4 Å². The monoisotopic (exact) mass is 421 g/mol. The molecule has 7 nitrogen and oxygen atoms in total. The largest absolute Gasteiger partial charge is 0.381 e. The third kappa shape index (κ3) is 4.29. The van der Waals surface area contributed by atoms with Crippen LogP contribution in [0.3, 0.4) is 0 Å². The smallest absolute Gasteiger partial charge is 0.261 e. The zero-order valence-electron chi connectivity index (χ0n) is 18.6. The van der Waals surface area contributed by atoms with E-state index < -0.39 is 0 Å². The average molecular weight is 422 g/mol. The summed E-state index contributed by atoms with van der Waals surface area (Å²) in [7, 11) is 0. The van der Waals surface area contributed by atoms with Gasteiger partial charge in [-0.15, -0.1) is 0 Å². The first-order valence-corrected chi connectivity index (χ1v) is 11.4. The number of hydrogen-bond acceptors (Lipinski definition) is 7. The van der Waals surface area contributed by atoms with Gasteiger partial charge in [-0.2, -0.15) is 4.98 Å². The molecule has 5 rings (SSSR count). The molecule has 3 aromatic rings. The van der Waals surface area contributed by atoms with Gasteiger partial charge in [0.05, 0.1) is 11.1 Å². The number of nitrogens with one attached hydrogen (secondary N) is 1. The van der Waals surface area contributed by atoms with E-state index >= 15 is 0 Å². The van der Waals surface area contributed by atoms with Gasteiger partial charge in [-0.1, -0.05) is 16.8 Å². The molecule has 2 aliphatic rings. The van der Waals surface area contributed by atoms with E-state index in [1.54, 1.807) is 0 Å². The van der Waals surface area contributed by atoms with Crippen molar-refractivity contribution in [2.75, 3.05) is 31.2 Å². The van der Waals surface area contributed by atoms with Crippen molar-refractivity contribution in [1.29, 1.82) is 0 Å². The Balaban J connectivity index is 1.43. The lowest BCUT2D eigenvalue weighted by Crippen LogP contribution is -2.48. The Bertz CT molecular complexity index is 1070. The number of hydrogen-bond donors (Lipinski definition) is 1. The van der Waals surface area contributed by atoms with Crippen LogP contribution >= 0.6 is 0 Å². The quantitative estimate of drug-likeness (QED) is 0.683. The summed E-state index contributed by atoms with van der Waals surface area (Å²) in [6, 6.07) is 7.68. The Morgan fingerprint density at radius 2 is 1.68 bits per heavy atom. The molecule has 0 amide bonds. The molecular weight excluding hydrogens is 390 g/mol. The molecule has 0 atom stereocenters. The van der Waals surface area contributed by atoms with Crippen molar-refractivity contribution < 1.29 is 9.26 Å². The maximum Gasteiger partial charge on any atom is 0.261 e. The molecule has 1 N–H and O–H groups in total. The van der Waals surface area contributed by atoms with Crippen LogP contribution in [-0.2, 0) is 4.74 Å². The van der Waals surface area contributed by atoms with Crippen molar-refractivity contribution in [3.63, 3.8) is 0 Å². The van der Waals surface area contributed by atoms with E-state index in [1.165, 1.54) is 11.1 Å². The Morgan fingerprint density at radius 3 is 2.39 bits per heavy atom. The number of rotatable bonds is 4. The minimum Gasteiger partial charge on any atom is -0.381 e. The second-order valence-corrected chi connectivity index (χ2v) is 8.97. The number of aromatic nitrogens is 3. The highest BCUT2D eigenvalue weighted by Crippen LogP contribution is 2.34. The van der Waals surface area contributed by atoms with Gasteiger partial charge in [0.1, 0.15) is 5.82 Å². The zero-order chi connectivity index (χ0) is 21.4. The van der Waals surface area contributed by atoms with Gasteiger partial charge >= 0.3 is 0 Å². The Kier molecular flexibility index (Phi) is 5.63. The molecule has 2 aromatic heterocycles. The standard InChI is InChI=1S/C24H31N5O2/c1-15-12-16(2)22-18(13-15)14-21(24-25-17(3)28-31-24)23(27-22)29-8-4-19(5-9-29)26-20-6-10-30-11-7-20/h12-14,19-20,26H,4-11H2,1-3H3. The highest BCUT2D eigenvalue weighted by Gasteiger charge is 2.27. The van der Waals surface area contributed by atoms with E-state index in [0.717, 1.165) is 74.3 Å². The van der Waals surface area contributed by atoms with Gasteiger partial charge in [-0.05, 0) is 64.2 Å². The van der Waals surface area contributed by atoms with Crippen LogP contribution < -0.4 is 10.2 Å². The first kappa shape index (κ1) is 20.4. The molecule has 31 heavy (non-hydrogen) atoms. The number of benzene rings is 1. The van der Waals surface area contributed by atoms with Crippen molar-refractivity contribution in [3.8, 4) is 11.5 Å². The molecule has 2 saturated heterocycles. The van der Waals surface area contributed by atoms with Crippen LogP contribution in [0.15, 0.2) is 22.7 Å². The summed E-state index contributed by atoms with van der Waals surface area (Å²) >= 11 is 0. The number of pyridine rings is 1. The Hall–Kier alpha value is -2.51. The van der Waals surface area contributed by atoms with E-state index in [4.69, 9.17) is 14.2 Å². The molecule has 0 unspecified atom stereocenters. The minimum atomic E-state index is 0.545. The van der Waals surface area contributed by atoms with Gasteiger partial charge in [-0.25, -0.2) is 4.98 Å². The van der Waals surface area contributed by atoms with E-state index in [1.807, 2.05) is 6.92 Å². The molecule has 0 bridgehead atoms. The van der Waals surface area contributed by atoms with Gasteiger partial charge in [0.25, 0.3) is 5.89 Å². The SMILES string of the molecule is Cc1cc(C)c2nc(N3CCC(NC4CCOCC4)CC3)c(-c3nc(C)no3)cc2c1. The van der Waals surface area contributed by atoms with Gasteiger partial charge < -0.3 is 19.5 Å².